The summed E-state index contributed by atoms with van der Waals surface area (Å²) < 4.78 is 1.63. The predicted octanol–water partition coefficient (Wildman–Crippen LogP) is 0.927. The number of primary amides is 1. The summed E-state index contributed by atoms with van der Waals surface area (Å²) in [5.41, 5.74) is 7.20. The Bertz CT molecular complexity index is 669. The lowest BCUT2D eigenvalue weighted by molar-refractivity contribution is 0.100. The standard InChI is InChI=1S/C11H8N4O2/c12-11(16)7-1-2-9-8(5-7)10-6-13-17-4-3-15(10)14-9/h1-6H,(H2,12,16). The van der Waals surface area contributed by atoms with Crippen molar-refractivity contribution in [1.82, 2.24) is 9.78 Å². The van der Waals surface area contributed by atoms with Crippen LogP contribution in [0, 0.1) is 0 Å². The van der Waals surface area contributed by atoms with Gasteiger partial charge in [-0.05, 0) is 18.2 Å². The number of amides is 1. The van der Waals surface area contributed by atoms with Crippen LogP contribution in [0.1, 0.15) is 16.1 Å². The van der Waals surface area contributed by atoms with Crippen molar-refractivity contribution >= 4 is 29.2 Å². The molecule has 0 saturated carbocycles. The maximum atomic E-state index is 11.1. The first kappa shape index (κ1) is 9.59. The zero-order valence-electron chi connectivity index (χ0n) is 8.70. The smallest absolute Gasteiger partial charge is 0.248 e. The normalized spacial score (nSPS) is 13.2. The molecule has 1 amide bonds. The fourth-order valence-corrected chi connectivity index (χ4v) is 1.72. The van der Waals surface area contributed by atoms with Crippen LogP contribution >= 0.6 is 0 Å². The number of hydrogen-bond acceptors (Lipinski definition) is 4. The van der Waals surface area contributed by atoms with Crippen molar-refractivity contribution in [2.75, 3.05) is 0 Å². The van der Waals surface area contributed by atoms with Crippen molar-refractivity contribution in [3.63, 3.8) is 0 Å². The van der Waals surface area contributed by atoms with E-state index in [1.165, 1.54) is 6.26 Å². The second-order valence-electron chi connectivity index (χ2n) is 3.55. The molecule has 6 nitrogen and oxygen atoms in total. The van der Waals surface area contributed by atoms with Crippen molar-refractivity contribution in [2.45, 2.75) is 0 Å². The Balaban J connectivity index is 2.32. The molecular formula is C11H8N4O2. The predicted molar refractivity (Wildman–Crippen MR) is 62.3 cm³/mol. The summed E-state index contributed by atoms with van der Waals surface area (Å²) in [6.07, 6.45) is 4.61. The van der Waals surface area contributed by atoms with Gasteiger partial charge in [0.1, 0.15) is 6.26 Å². The minimum Gasteiger partial charge on any atom is -0.366 e. The lowest BCUT2D eigenvalue weighted by Gasteiger charge is -1.95. The molecule has 1 aliphatic heterocycles. The van der Waals surface area contributed by atoms with Gasteiger partial charge in [0.05, 0.1) is 23.6 Å². The summed E-state index contributed by atoms with van der Waals surface area (Å²) in [5, 5.41) is 8.85. The van der Waals surface area contributed by atoms with Gasteiger partial charge in [-0.1, -0.05) is 5.16 Å². The molecule has 1 aromatic carbocycles. The number of oxime groups is 1. The largest absolute Gasteiger partial charge is 0.366 e. The Morgan fingerprint density at radius 3 is 3.12 bits per heavy atom. The number of carbonyl (C=O) groups excluding carboxylic acids is 1. The molecule has 2 aromatic rings. The van der Waals surface area contributed by atoms with E-state index in [1.807, 2.05) is 0 Å². The Morgan fingerprint density at radius 1 is 1.41 bits per heavy atom. The van der Waals surface area contributed by atoms with Gasteiger partial charge in [-0.25, -0.2) is 4.68 Å². The highest BCUT2D eigenvalue weighted by Crippen LogP contribution is 2.20. The zero-order valence-corrected chi connectivity index (χ0v) is 8.70. The van der Waals surface area contributed by atoms with E-state index in [0.29, 0.717) is 5.56 Å². The zero-order chi connectivity index (χ0) is 11.8. The Morgan fingerprint density at radius 2 is 2.29 bits per heavy atom. The van der Waals surface area contributed by atoms with Gasteiger partial charge in [-0.3, -0.25) is 4.79 Å². The molecule has 0 atom stereocenters. The maximum Gasteiger partial charge on any atom is 0.248 e. The summed E-state index contributed by atoms with van der Waals surface area (Å²) in [6, 6.07) is 5.09. The highest BCUT2D eigenvalue weighted by molar-refractivity contribution is 6.02. The minimum absolute atomic E-state index is 0.441. The molecule has 17 heavy (non-hydrogen) atoms. The van der Waals surface area contributed by atoms with E-state index in [4.69, 9.17) is 10.6 Å². The molecule has 1 aromatic heterocycles. The molecular weight excluding hydrogens is 220 g/mol. The second-order valence-corrected chi connectivity index (χ2v) is 3.55. The summed E-state index contributed by atoms with van der Waals surface area (Å²) >= 11 is 0. The lowest BCUT2D eigenvalue weighted by atomic mass is 10.1. The fourth-order valence-electron chi connectivity index (χ4n) is 1.72. The van der Waals surface area contributed by atoms with Crippen molar-refractivity contribution in [1.29, 1.82) is 0 Å². The second kappa shape index (κ2) is 3.44. The monoisotopic (exact) mass is 228 g/mol. The number of nitrogens with two attached hydrogens (primary N) is 1. The summed E-state index contributed by atoms with van der Waals surface area (Å²) in [5.74, 6) is -0.468. The highest BCUT2D eigenvalue weighted by atomic mass is 16.6. The number of carbonyl (C=O) groups is 1. The maximum absolute atomic E-state index is 11.1. The van der Waals surface area contributed by atoms with Gasteiger partial charge in [-0.15, -0.1) is 0 Å². The molecule has 0 saturated heterocycles. The SMILES string of the molecule is NC(=O)c1ccc2nn3c(c2c1)C=NOC=C3. The molecule has 3 rings (SSSR count). The Kier molecular flexibility index (Phi) is 1.94. The first-order valence-corrected chi connectivity index (χ1v) is 4.93. The molecule has 2 heterocycles. The number of nitrogens with zero attached hydrogens (tertiary/aromatic N) is 3. The van der Waals surface area contributed by atoms with Crippen LogP contribution in [0.25, 0.3) is 17.1 Å². The number of rotatable bonds is 1. The van der Waals surface area contributed by atoms with Gasteiger partial charge in [0.15, 0.2) is 0 Å². The van der Waals surface area contributed by atoms with Crippen LogP contribution in [-0.4, -0.2) is 21.9 Å². The van der Waals surface area contributed by atoms with E-state index in [9.17, 15) is 4.79 Å². The quantitative estimate of drug-likeness (QED) is 0.788. The molecule has 6 heteroatoms. The summed E-state index contributed by atoms with van der Waals surface area (Å²) in [6.45, 7) is 0. The van der Waals surface area contributed by atoms with E-state index in [-0.39, 0.29) is 0 Å². The average Bonchev–Trinajstić information content (AvgIpc) is 2.51. The van der Waals surface area contributed by atoms with Crippen LogP contribution in [-0.2, 0) is 4.84 Å². The molecule has 1 aliphatic rings. The van der Waals surface area contributed by atoms with Crippen LogP contribution in [0.3, 0.4) is 0 Å². The van der Waals surface area contributed by atoms with Crippen LogP contribution in [0.15, 0.2) is 29.6 Å². The third kappa shape index (κ3) is 1.46. The van der Waals surface area contributed by atoms with Gasteiger partial charge in [-0.2, -0.15) is 5.10 Å². The minimum atomic E-state index is -0.468. The number of benzene rings is 1. The third-order valence-corrected chi connectivity index (χ3v) is 2.52. The molecule has 0 spiro atoms. The van der Waals surface area contributed by atoms with Crippen LogP contribution in [0.4, 0.5) is 0 Å². The van der Waals surface area contributed by atoms with Gasteiger partial charge in [0.2, 0.25) is 5.91 Å². The lowest BCUT2D eigenvalue weighted by Crippen LogP contribution is -2.10. The van der Waals surface area contributed by atoms with Crippen molar-refractivity contribution in [3.05, 3.63) is 35.7 Å². The molecule has 2 N–H and O–H groups in total. The Labute approximate surface area is 95.9 Å². The Hall–Kier alpha value is -2.63. The van der Waals surface area contributed by atoms with E-state index >= 15 is 0 Å². The average molecular weight is 228 g/mol. The summed E-state index contributed by atoms with van der Waals surface area (Å²) in [7, 11) is 0. The highest BCUT2D eigenvalue weighted by Gasteiger charge is 2.11. The van der Waals surface area contributed by atoms with E-state index in [0.717, 1.165) is 16.6 Å². The van der Waals surface area contributed by atoms with Crippen LogP contribution in [0.2, 0.25) is 0 Å². The van der Waals surface area contributed by atoms with Crippen LogP contribution in [0.5, 0.6) is 0 Å². The van der Waals surface area contributed by atoms with Crippen molar-refractivity contribution in [3.8, 4) is 0 Å². The number of fused-ring (bicyclic) bond motifs is 3. The van der Waals surface area contributed by atoms with Gasteiger partial charge < -0.3 is 10.6 Å². The van der Waals surface area contributed by atoms with Gasteiger partial charge in [0, 0.05) is 10.9 Å². The molecule has 84 valence electrons. The van der Waals surface area contributed by atoms with Crippen molar-refractivity contribution < 1.29 is 9.63 Å². The molecule has 0 unspecified atom stereocenters. The first-order valence-electron chi connectivity index (χ1n) is 4.93. The van der Waals surface area contributed by atoms with E-state index in [2.05, 4.69) is 10.3 Å². The molecule has 0 radical (unpaired) electrons. The topological polar surface area (TPSA) is 82.5 Å². The molecule has 0 bridgehead atoms. The fraction of sp³-hybridized carbons (Fsp3) is 0. The summed E-state index contributed by atoms with van der Waals surface area (Å²) in [4.78, 5) is 15.9. The number of aromatic nitrogens is 2. The van der Waals surface area contributed by atoms with Gasteiger partial charge in [0.25, 0.3) is 0 Å². The van der Waals surface area contributed by atoms with E-state index < -0.39 is 5.91 Å². The van der Waals surface area contributed by atoms with Gasteiger partial charge >= 0.3 is 0 Å². The third-order valence-electron chi connectivity index (χ3n) is 2.52. The molecule has 0 aliphatic carbocycles. The van der Waals surface area contributed by atoms with E-state index in [1.54, 1.807) is 35.3 Å². The van der Waals surface area contributed by atoms with Crippen molar-refractivity contribution in [2.24, 2.45) is 10.9 Å². The number of hydrogen-bond donors (Lipinski definition) is 1. The molecule has 0 fully saturated rings. The first-order chi connectivity index (χ1) is 8.25. The van der Waals surface area contributed by atoms with Crippen LogP contribution < -0.4 is 5.73 Å².